The molecule has 2 N–H and O–H groups in total. The molecule has 2 aromatic rings. The van der Waals surface area contributed by atoms with Crippen LogP contribution in [-0.2, 0) is 12.8 Å². The van der Waals surface area contributed by atoms with Crippen LogP contribution >= 0.6 is 11.3 Å². The van der Waals surface area contributed by atoms with Crippen LogP contribution in [0.3, 0.4) is 0 Å². The zero-order valence-electron chi connectivity index (χ0n) is 15.1. The van der Waals surface area contributed by atoms with Gasteiger partial charge in [0.1, 0.15) is 11.2 Å². The van der Waals surface area contributed by atoms with E-state index < -0.39 is 0 Å². The minimum Gasteiger partial charge on any atom is -0.351 e. The second kappa shape index (κ2) is 6.13. The minimum atomic E-state index is -0.246. The predicted octanol–water partition coefficient (Wildman–Crippen LogP) is 4.54. The van der Waals surface area contributed by atoms with Crippen LogP contribution in [0.25, 0.3) is 0 Å². The number of nitrogens with one attached hydrogen (secondary N) is 2. The Morgan fingerprint density at radius 3 is 2.88 bits per heavy atom. The van der Waals surface area contributed by atoms with Gasteiger partial charge in [-0.1, -0.05) is 33.3 Å². The third kappa shape index (κ3) is 2.84. The quantitative estimate of drug-likeness (QED) is 0.850. The molecule has 2 aliphatic rings. The molecule has 0 fully saturated rings. The fourth-order valence-electron chi connectivity index (χ4n) is 3.95. The van der Waals surface area contributed by atoms with E-state index in [0.717, 1.165) is 29.1 Å². The maximum atomic E-state index is 12.8. The molecule has 0 bridgehead atoms. The van der Waals surface area contributed by atoms with Gasteiger partial charge in [-0.25, -0.2) is 0 Å². The number of thiophene rings is 1. The number of nitrogens with zero attached hydrogens (tertiary/aromatic N) is 1. The van der Waals surface area contributed by atoms with E-state index in [1.165, 1.54) is 23.3 Å². The molecule has 0 unspecified atom stereocenters. The van der Waals surface area contributed by atoms with Crippen molar-refractivity contribution in [1.82, 2.24) is 10.3 Å². The number of carbonyl (C=O) groups excluding carboxylic acids is 1. The molecule has 4 rings (SSSR count). The molecule has 3 heterocycles. The first-order chi connectivity index (χ1) is 12.0. The number of carbonyl (C=O) groups is 1. The summed E-state index contributed by atoms with van der Waals surface area (Å²) in [7, 11) is 0. The number of fused-ring (bicyclic) bond motifs is 3. The second-order valence-corrected chi connectivity index (χ2v) is 8.90. The lowest BCUT2D eigenvalue weighted by Crippen LogP contribution is -2.38. The van der Waals surface area contributed by atoms with Gasteiger partial charge in [0.25, 0.3) is 5.91 Å². The molecular weight excluding hydrogens is 330 g/mol. The number of pyridine rings is 1. The third-order valence-electron chi connectivity index (χ3n) is 6.04. The predicted molar refractivity (Wildman–Crippen MR) is 102 cm³/mol. The SMILES string of the molecule is CCC(C)(C)[C@H]1CCc2c(sc3c2C(=O)N[C@@H](c2ccccn2)N3)C1. The molecule has 1 amide bonds. The molecule has 0 saturated carbocycles. The van der Waals surface area contributed by atoms with Crippen LogP contribution in [0.2, 0.25) is 0 Å². The van der Waals surface area contributed by atoms with E-state index in [2.05, 4.69) is 36.4 Å². The third-order valence-corrected chi connectivity index (χ3v) is 7.23. The average molecular weight is 356 g/mol. The zero-order valence-corrected chi connectivity index (χ0v) is 15.9. The molecule has 132 valence electrons. The van der Waals surface area contributed by atoms with Gasteiger partial charge in [0.2, 0.25) is 0 Å². The summed E-state index contributed by atoms with van der Waals surface area (Å²) < 4.78 is 0. The maximum absolute atomic E-state index is 12.8. The van der Waals surface area contributed by atoms with E-state index in [0.29, 0.717) is 11.3 Å². The van der Waals surface area contributed by atoms with E-state index in [4.69, 9.17) is 0 Å². The fraction of sp³-hybridized carbons (Fsp3) is 0.500. The number of hydrogen-bond donors (Lipinski definition) is 2. The Bertz CT molecular complexity index is 797. The molecule has 0 aromatic carbocycles. The molecule has 25 heavy (non-hydrogen) atoms. The highest BCUT2D eigenvalue weighted by atomic mass is 32.1. The highest BCUT2D eigenvalue weighted by Crippen LogP contribution is 2.46. The van der Waals surface area contributed by atoms with Crippen molar-refractivity contribution in [2.24, 2.45) is 11.3 Å². The Balaban J connectivity index is 1.64. The molecule has 5 heteroatoms. The van der Waals surface area contributed by atoms with E-state index >= 15 is 0 Å². The van der Waals surface area contributed by atoms with Gasteiger partial charge >= 0.3 is 0 Å². The Labute approximate surface area is 153 Å². The normalized spacial score (nSPS) is 22.6. The van der Waals surface area contributed by atoms with E-state index in [9.17, 15) is 4.79 Å². The highest BCUT2D eigenvalue weighted by molar-refractivity contribution is 7.16. The van der Waals surface area contributed by atoms with Gasteiger partial charge in [0, 0.05) is 11.1 Å². The maximum Gasteiger partial charge on any atom is 0.256 e. The summed E-state index contributed by atoms with van der Waals surface area (Å²) in [5.74, 6) is 0.731. The van der Waals surface area contributed by atoms with Crippen molar-refractivity contribution in [3.63, 3.8) is 0 Å². The van der Waals surface area contributed by atoms with Crippen molar-refractivity contribution < 1.29 is 4.79 Å². The van der Waals surface area contributed by atoms with E-state index in [1.807, 2.05) is 18.2 Å². The van der Waals surface area contributed by atoms with E-state index in [1.54, 1.807) is 17.5 Å². The van der Waals surface area contributed by atoms with Crippen molar-refractivity contribution in [2.75, 3.05) is 5.32 Å². The number of amides is 1. The van der Waals surface area contributed by atoms with Gasteiger partial charge in [-0.3, -0.25) is 9.78 Å². The first-order valence-corrected chi connectivity index (χ1v) is 9.94. The Morgan fingerprint density at radius 2 is 2.16 bits per heavy atom. The van der Waals surface area contributed by atoms with Crippen LogP contribution < -0.4 is 10.6 Å². The number of rotatable bonds is 3. The molecular formula is C20H25N3OS. The van der Waals surface area contributed by atoms with E-state index in [-0.39, 0.29) is 12.1 Å². The van der Waals surface area contributed by atoms with Gasteiger partial charge in [-0.15, -0.1) is 11.3 Å². The van der Waals surface area contributed by atoms with Crippen LogP contribution in [0.1, 0.15) is 66.3 Å². The summed E-state index contributed by atoms with van der Waals surface area (Å²) in [5.41, 5.74) is 3.35. The molecule has 0 saturated heterocycles. The standard InChI is InChI=1S/C20H25N3OS/c1-4-20(2,3)12-8-9-13-15(11-12)25-19-16(13)18(24)22-17(23-19)14-7-5-6-10-21-14/h5-7,10,12,17,23H,4,8-9,11H2,1-3H3,(H,22,24)/t12-,17+/m0/s1. The summed E-state index contributed by atoms with van der Waals surface area (Å²) in [6.07, 6.45) is 5.99. The Morgan fingerprint density at radius 1 is 1.32 bits per heavy atom. The van der Waals surface area contributed by atoms with Crippen LogP contribution in [0, 0.1) is 11.3 Å². The Kier molecular flexibility index (Phi) is 4.07. The number of aromatic nitrogens is 1. The molecule has 1 aliphatic carbocycles. The summed E-state index contributed by atoms with van der Waals surface area (Å²) >= 11 is 1.77. The monoisotopic (exact) mass is 355 g/mol. The van der Waals surface area contributed by atoms with Gasteiger partial charge in [-0.2, -0.15) is 0 Å². The van der Waals surface area contributed by atoms with Crippen molar-refractivity contribution >= 4 is 22.2 Å². The van der Waals surface area contributed by atoms with Gasteiger partial charge in [0.15, 0.2) is 0 Å². The topological polar surface area (TPSA) is 54.0 Å². The van der Waals surface area contributed by atoms with Gasteiger partial charge in [-0.05, 0) is 48.3 Å². The molecule has 0 radical (unpaired) electrons. The first kappa shape index (κ1) is 16.6. The molecule has 4 nitrogen and oxygen atoms in total. The lowest BCUT2D eigenvalue weighted by Gasteiger charge is -2.36. The van der Waals surface area contributed by atoms with Gasteiger partial charge in [0.05, 0.1) is 11.3 Å². The summed E-state index contributed by atoms with van der Waals surface area (Å²) in [5, 5.41) is 7.58. The van der Waals surface area contributed by atoms with Gasteiger partial charge < -0.3 is 10.6 Å². The summed E-state index contributed by atoms with van der Waals surface area (Å²) in [6, 6.07) is 5.78. The summed E-state index contributed by atoms with van der Waals surface area (Å²) in [6.45, 7) is 7.03. The van der Waals surface area contributed by atoms with Crippen LogP contribution in [0.4, 0.5) is 5.00 Å². The lowest BCUT2D eigenvalue weighted by molar-refractivity contribution is 0.0934. The van der Waals surface area contributed by atoms with Crippen LogP contribution in [0.5, 0.6) is 0 Å². The van der Waals surface area contributed by atoms with Crippen molar-refractivity contribution in [2.45, 2.75) is 52.6 Å². The smallest absolute Gasteiger partial charge is 0.256 e. The largest absolute Gasteiger partial charge is 0.351 e. The second-order valence-electron chi connectivity index (χ2n) is 7.80. The average Bonchev–Trinajstić information content (AvgIpc) is 3.00. The molecule has 2 aromatic heterocycles. The lowest BCUT2D eigenvalue weighted by atomic mass is 9.69. The molecule has 2 atom stereocenters. The molecule has 0 spiro atoms. The van der Waals surface area contributed by atoms with Crippen molar-refractivity contribution in [1.29, 1.82) is 0 Å². The highest BCUT2D eigenvalue weighted by Gasteiger charge is 2.37. The van der Waals surface area contributed by atoms with Crippen molar-refractivity contribution in [3.8, 4) is 0 Å². The fourth-order valence-corrected chi connectivity index (χ4v) is 5.30. The Hall–Kier alpha value is -1.88. The number of anilines is 1. The van der Waals surface area contributed by atoms with Crippen LogP contribution in [-0.4, -0.2) is 10.9 Å². The first-order valence-electron chi connectivity index (χ1n) is 9.12. The summed E-state index contributed by atoms with van der Waals surface area (Å²) in [4.78, 5) is 18.5. The van der Waals surface area contributed by atoms with Crippen LogP contribution in [0.15, 0.2) is 24.4 Å². The minimum absolute atomic E-state index is 0.0371. The zero-order chi connectivity index (χ0) is 17.6. The number of hydrogen-bond acceptors (Lipinski definition) is 4. The molecule has 1 aliphatic heterocycles. The van der Waals surface area contributed by atoms with Crippen molar-refractivity contribution in [3.05, 3.63) is 46.1 Å².